The summed E-state index contributed by atoms with van der Waals surface area (Å²) in [5.41, 5.74) is 2.28. The molecule has 0 radical (unpaired) electrons. The van der Waals surface area contributed by atoms with Crippen molar-refractivity contribution in [1.82, 2.24) is 10.4 Å². The molecule has 2 aliphatic rings. The Kier molecular flexibility index (Phi) is 2.63. The zero-order chi connectivity index (χ0) is 12.3. The Labute approximate surface area is 98.5 Å². The minimum atomic E-state index is -0.0748. The molecule has 1 aliphatic carbocycles. The summed E-state index contributed by atoms with van der Waals surface area (Å²) in [7, 11) is 0. The molecule has 1 unspecified atom stereocenters. The highest BCUT2D eigenvalue weighted by atomic mass is 19.2. The van der Waals surface area contributed by atoms with Crippen molar-refractivity contribution in [2.75, 3.05) is 0 Å². The van der Waals surface area contributed by atoms with Gasteiger partial charge < -0.3 is 0 Å². The first kappa shape index (κ1) is 12.3. The molecule has 0 aromatic heterocycles. The molecule has 0 bridgehead atoms. The zero-order valence-electron chi connectivity index (χ0n) is 11.3. The quantitative estimate of drug-likeness (QED) is 0.694. The first-order chi connectivity index (χ1) is 7.18. The van der Waals surface area contributed by atoms with Crippen LogP contribution in [0.4, 0.5) is 4.48 Å². The standard InChI is InChI=1S/C13H25FN2/c1-12(2,3)10-8-7-9(8)11(15-14)16(10)13(4,5)6/h8-11,15H,7H2,1-6H3/t8-,9+,10?,11+/m1/s1. The predicted molar refractivity (Wildman–Crippen MR) is 64.5 cm³/mol. The summed E-state index contributed by atoms with van der Waals surface area (Å²) in [6.45, 7) is 13.4. The van der Waals surface area contributed by atoms with Crippen molar-refractivity contribution < 1.29 is 4.48 Å². The third-order valence-electron chi connectivity index (χ3n) is 4.08. The monoisotopic (exact) mass is 228 g/mol. The summed E-state index contributed by atoms with van der Waals surface area (Å²) in [6, 6.07) is 0.491. The van der Waals surface area contributed by atoms with E-state index in [1.807, 2.05) is 5.54 Å². The lowest BCUT2D eigenvalue weighted by atomic mass is 9.82. The Balaban J connectivity index is 2.30. The van der Waals surface area contributed by atoms with E-state index in [9.17, 15) is 4.48 Å². The molecular formula is C13H25FN2. The second-order valence-electron chi connectivity index (χ2n) is 7.51. The van der Waals surface area contributed by atoms with Crippen LogP contribution in [0.5, 0.6) is 0 Å². The molecule has 0 amide bonds. The Bertz CT molecular complexity index is 277. The number of nitrogens with zero attached hydrogens (tertiary/aromatic N) is 1. The maximum atomic E-state index is 13.0. The summed E-state index contributed by atoms with van der Waals surface area (Å²) < 4.78 is 13.0. The number of piperidine rings is 1. The van der Waals surface area contributed by atoms with E-state index in [4.69, 9.17) is 0 Å². The van der Waals surface area contributed by atoms with Gasteiger partial charge in [-0.3, -0.25) is 4.90 Å². The smallest absolute Gasteiger partial charge is 0.0926 e. The molecule has 1 N–H and O–H groups in total. The van der Waals surface area contributed by atoms with Gasteiger partial charge in [-0.05, 0) is 44.4 Å². The Morgan fingerprint density at radius 1 is 1.06 bits per heavy atom. The van der Waals surface area contributed by atoms with Crippen LogP contribution in [0.15, 0.2) is 0 Å². The number of halogens is 1. The maximum absolute atomic E-state index is 13.0. The average Bonchev–Trinajstić information content (AvgIpc) is 2.75. The van der Waals surface area contributed by atoms with Gasteiger partial charge in [-0.1, -0.05) is 20.8 Å². The largest absolute Gasteiger partial charge is 0.277 e. The van der Waals surface area contributed by atoms with Gasteiger partial charge in [0.15, 0.2) is 0 Å². The van der Waals surface area contributed by atoms with Crippen molar-refractivity contribution in [1.29, 1.82) is 0 Å². The molecule has 1 saturated heterocycles. The minimum Gasteiger partial charge on any atom is -0.277 e. The maximum Gasteiger partial charge on any atom is 0.0926 e. The van der Waals surface area contributed by atoms with Crippen LogP contribution >= 0.6 is 0 Å². The molecular weight excluding hydrogens is 203 g/mol. The minimum absolute atomic E-state index is 0.0229. The lowest BCUT2D eigenvalue weighted by Crippen LogP contribution is -2.58. The van der Waals surface area contributed by atoms with E-state index in [1.54, 1.807) is 0 Å². The number of nitrogens with one attached hydrogen (secondary N) is 1. The summed E-state index contributed by atoms with van der Waals surface area (Å²) in [4.78, 5) is 2.35. The first-order valence-electron chi connectivity index (χ1n) is 6.32. The third-order valence-corrected chi connectivity index (χ3v) is 4.08. The highest BCUT2D eigenvalue weighted by Gasteiger charge is 2.63. The molecule has 2 nitrogen and oxygen atoms in total. The molecule has 0 aromatic rings. The molecule has 1 heterocycles. The average molecular weight is 228 g/mol. The lowest BCUT2D eigenvalue weighted by Gasteiger charge is -2.47. The molecule has 0 spiro atoms. The van der Waals surface area contributed by atoms with Crippen LogP contribution < -0.4 is 5.54 Å². The van der Waals surface area contributed by atoms with E-state index in [1.165, 1.54) is 6.42 Å². The fourth-order valence-corrected chi connectivity index (χ4v) is 3.57. The van der Waals surface area contributed by atoms with Gasteiger partial charge in [0.25, 0.3) is 0 Å². The van der Waals surface area contributed by atoms with Crippen LogP contribution in [0.1, 0.15) is 48.0 Å². The van der Waals surface area contributed by atoms with E-state index in [2.05, 4.69) is 46.4 Å². The Hall–Kier alpha value is -0.150. The van der Waals surface area contributed by atoms with Gasteiger partial charge in [-0.25, -0.2) is 0 Å². The van der Waals surface area contributed by atoms with E-state index in [0.29, 0.717) is 17.9 Å². The topological polar surface area (TPSA) is 15.3 Å². The molecule has 94 valence electrons. The van der Waals surface area contributed by atoms with Crippen LogP contribution in [0.25, 0.3) is 0 Å². The van der Waals surface area contributed by atoms with Crippen LogP contribution in [0.2, 0.25) is 0 Å². The van der Waals surface area contributed by atoms with Crippen molar-refractivity contribution in [3.05, 3.63) is 0 Å². The van der Waals surface area contributed by atoms with E-state index >= 15 is 0 Å². The van der Waals surface area contributed by atoms with Crippen molar-refractivity contribution in [2.24, 2.45) is 17.3 Å². The van der Waals surface area contributed by atoms with Gasteiger partial charge in [0.2, 0.25) is 0 Å². The molecule has 1 saturated carbocycles. The normalized spacial score (nSPS) is 39.9. The summed E-state index contributed by atoms with van der Waals surface area (Å²) >= 11 is 0. The zero-order valence-corrected chi connectivity index (χ0v) is 11.3. The van der Waals surface area contributed by atoms with E-state index in [-0.39, 0.29) is 17.1 Å². The number of hydrogen-bond acceptors (Lipinski definition) is 2. The summed E-state index contributed by atoms with van der Waals surface area (Å²) in [5.74, 6) is 1.21. The predicted octanol–water partition coefficient (Wildman–Crippen LogP) is 2.95. The highest BCUT2D eigenvalue weighted by Crippen LogP contribution is 2.58. The summed E-state index contributed by atoms with van der Waals surface area (Å²) in [5, 5.41) is 0. The van der Waals surface area contributed by atoms with Gasteiger partial charge in [-0.15, -0.1) is 10.0 Å². The number of likely N-dealkylation sites (tertiary alicyclic amines) is 1. The van der Waals surface area contributed by atoms with Crippen LogP contribution in [0.3, 0.4) is 0 Å². The van der Waals surface area contributed by atoms with Crippen molar-refractivity contribution in [3.63, 3.8) is 0 Å². The molecule has 4 atom stereocenters. The van der Waals surface area contributed by atoms with Gasteiger partial charge >= 0.3 is 0 Å². The number of hydrogen-bond donors (Lipinski definition) is 1. The SMILES string of the molecule is CC(C)(C)C1[C@@H]2C[C@@H]2[C@@H](NF)N1C(C)(C)C. The lowest BCUT2D eigenvalue weighted by molar-refractivity contribution is -0.0291. The molecule has 2 fully saturated rings. The molecule has 16 heavy (non-hydrogen) atoms. The molecule has 2 rings (SSSR count). The first-order valence-corrected chi connectivity index (χ1v) is 6.32. The molecule has 1 aliphatic heterocycles. The Morgan fingerprint density at radius 2 is 1.62 bits per heavy atom. The van der Waals surface area contributed by atoms with Crippen molar-refractivity contribution in [2.45, 2.75) is 65.7 Å². The Morgan fingerprint density at radius 3 is 2.00 bits per heavy atom. The second-order valence-corrected chi connectivity index (χ2v) is 7.51. The van der Waals surface area contributed by atoms with Crippen LogP contribution in [0, 0.1) is 17.3 Å². The van der Waals surface area contributed by atoms with E-state index < -0.39 is 0 Å². The highest BCUT2D eigenvalue weighted by molar-refractivity contribution is 5.13. The van der Waals surface area contributed by atoms with Crippen LogP contribution in [-0.4, -0.2) is 22.6 Å². The fraction of sp³-hybridized carbons (Fsp3) is 1.00. The van der Waals surface area contributed by atoms with Crippen molar-refractivity contribution in [3.8, 4) is 0 Å². The van der Waals surface area contributed by atoms with E-state index in [0.717, 1.165) is 0 Å². The van der Waals surface area contributed by atoms with Gasteiger partial charge in [-0.2, -0.15) is 0 Å². The van der Waals surface area contributed by atoms with Crippen molar-refractivity contribution >= 4 is 0 Å². The third kappa shape index (κ3) is 1.78. The molecule has 0 aromatic carbocycles. The number of fused-ring (bicyclic) bond motifs is 1. The second kappa shape index (κ2) is 3.42. The van der Waals surface area contributed by atoms with Crippen LogP contribution in [-0.2, 0) is 0 Å². The van der Waals surface area contributed by atoms with Gasteiger partial charge in [0.05, 0.1) is 6.17 Å². The molecule has 3 heteroatoms. The summed E-state index contributed by atoms with van der Waals surface area (Å²) in [6.07, 6.45) is 1.12. The van der Waals surface area contributed by atoms with Gasteiger partial charge in [0, 0.05) is 11.6 Å². The fourth-order valence-electron chi connectivity index (χ4n) is 3.57. The number of rotatable bonds is 1. The van der Waals surface area contributed by atoms with Gasteiger partial charge in [0.1, 0.15) is 0 Å².